The second-order valence-electron chi connectivity index (χ2n) is 5.85. The first kappa shape index (κ1) is 15.4. The van der Waals surface area contributed by atoms with Crippen LogP contribution in [0.3, 0.4) is 0 Å². The van der Waals surface area contributed by atoms with Gasteiger partial charge < -0.3 is 5.32 Å². The van der Waals surface area contributed by atoms with Crippen molar-refractivity contribution in [2.75, 3.05) is 33.2 Å². The second-order valence-corrected chi connectivity index (χ2v) is 8.93. The fourth-order valence-electron chi connectivity index (χ4n) is 3.26. The van der Waals surface area contributed by atoms with Gasteiger partial charge in [-0.2, -0.15) is 4.31 Å². The molecule has 2 aliphatic rings. The van der Waals surface area contributed by atoms with E-state index in [1.165, 1.54) is 24.2 Å². The number of hydrogen-bond acceptors (Lipinski definition) is 5. The molecule has 0 radical (unpaired) electrons. The van der Waals surface area contributed by atoms with Crippen LogP contribution in [0.2, 0.25) is 0 Å². The fraction of sp³-hybridized carbons (Fsp3) is 0.714. The zero-order chi connectivity index (χ0) is 14.9. The minimum absolute atomic E-state index is 0.416. The van der Waals surface area contributed by atoms with Gasteiger partial charge in [0.15, 0.2) is 0 Å². The van der Waals surface area contributed by atoms with Crippen LogP contribution in [0, 0.1) is 0 Å². The van der Waals surface area contributed by atoms with Crippen molar-refractivity contribution in [3.63, 3.8) is 0 Å². The molecule has 1 N–H and O–H groups in total. The molecule has 21 heavy (non-hydrogen) atoms. The largest absolute Gasteiger partial charge is 0.316 e. The van der Waals surface area contributed by atoms with Crippen LogP contribution >= 0.6 is 11.3 Å². The van der Waals surface area contributed by atoms with E-state index in [1.807, 2.05) is 18.5 Å². The van der Waals surface area contributed by atoms with Gasteiger partial charge in [-0.15, -0.1) is 11.3 Å². The van der Waals surface area contributed by atoms with Crippen molar-refractivity contribution in [2.45, 2.75) is 36.1 Å². The van der Waals surface area contributed by atoms with E-state index in [0.717, 1.165) is 25.1 Å². The van der Waals surface area contributed by atoms with Crippen LogP contribution in [0.1, 0.15) is 24.8 Å². The Bertz CT molecular complexity index is 585. The topological polar surface area (TPSA) is 52.7 Å². The second kappa shape index (κ2) is 6.34. The van der Waals surface area contributed by atoms with E-state index in [0.29, 0.717) is 29.9 Å². The molecule has 0 spiro atoms. The van der Waals surface area contributed by atoms with Crippen molar-refractivity contribution >= 4 is 21.4 Å². The molecule has 2 saturated heterocycles. The van der Waals surface area contributed by atoms with Gasteiger partial charge in [0.05, 0.1) is 0 Å². The highest BCUT2D eigenvalue weighted by Gasteiger charge is 2.35. The van der Waals surface area contributed by atoms with Gasteiger partial charge in [-0.05, 0) is 43.4 Å². The molecule has 1 unspecified atom stereocenters. The number of nitrogens with one attached hydrogen (secondary N) is 1. The Morgan fingerprint density at radius 1 is 1.33 bits per heavy atom. The van der Waals surface area contributed by atoms with E-state index < -0.39 is 10.0 Å². The van der Waals surface area contributed by atoms with E-state index in [2.05, 4.69) is 10.2 Å². The Morgan fingerprint density at radius 2 is 2.19 bits per heavy atom. The lowest BCUT2D eigenvalue weighted by Gasteiger charge is -2.43. The van der Waals surface area contributed by atoms with Crippen LogP contribution in [0.4, 0.5) is 0 Å². The van der Waals surface area contributed by atoms with Crippen LogP contribution in [0.25, 0.3) is 0 Å². The Morgan fingerprint density at radius 3 is 3.00 bits per heavy atom. The average Bonchev–Trinajstić information content (AvgIpc) is 2.96. The Hall–Kier alpha value is -0.470. The molecular formula is C14H23N3O2S2. The van der Waals surface area contributed by atoms with E-state index >= 15 is 0 Å². The molecule has 2 aliphatic heterocycles. The summed E-state index contributed by atoms with van der Waals surface area (Å²) in [6.45, 7) is 3.99. The minimum atomic E-state index is -3.31. The molecule has 1 atom stereocenters. The molecule has 1 aromatic rings. The lowest BCUT2D eigenvalue weighted by molar-refractivity contribution is 0.0852. The molecule has 0 bridgehead atoms. The van der Waals surface area contributed by atoms with Crippen LogP contribution in [0.15, 0.2) is 15.7 Å². The summed E-state index contributed by atoms with van der Waals surface area (Å²) >= 11 is 1.34. The minimum Gasteiger partial charge on any atom is -0.316 e. The standard InChI is InChI=1S/C14H23N3O2S2/c1-15-9-12-8-14(20-11-12)21(18,19)17-7-6-16-5-3-2-4-13(16)10-17/h8,11,13,15H,2-7,9-10H2,1H3. The summed E-state index contributed by atoms with van der Waals surface area (Å²) in [5.74, 6) is 0. The molecule has 2 fully saturated rings. The molecule has 7 heteroatoms. The fourth-order valence-corrected chi connectivity index (χ4v) is 6.09. The number of nitrogens with zero attached hydrogens (tertiary/aromatic N) is 2. The van der Waals surface area contributed by atoms with E-state index in [-0.39, 0.29) is 0 Å². The first-order valence-electron chi connectivity index (χ1n) is 7.57. The monoisotopic (exact) mass is 329 g/mol. The molecule has 0 aliphatic carbocycles. The zero-order valence-electron chi connectivity index (χ0n) is 12.4. The highest BCUT2D eigenvalue weighted by atomic mass is 32.2. The van der Waals surface area contributed by atoms with Gasteiger partial charge >= 0.3 is 0 Å². The summed E-state index contributed by atoms with van der Waals surface area (Å²) in [4.78, 5) is 2.45. The number of thiophene rings is 1. The molecule has 0 aromatic carbocycles. The van der Waals surface area contributed by atoms with Crippen LogP contribution in [-0.2, 0) is 16.6 Å². The molecule has 0 amide bonds. The maximum absolute atomic E-state index is 12.8. The third-order valence-electron chi connectivity index (χ3n) is 4.40. The zero-order valence-corrected chi connectivity index (χ0v) is 14.0. The van der Waals surface area contributed by atoms with Gasteiger partial charge in [0.2, 0.25) is 0 Å². The van der Waals surface area contributed by atoms with Crippen LogP contribution in [0.5, 0.6) is 0 Å². The highest BCUT2D eigenvalue weighted by Crippen LogP contribution is 2.28. The first-order valence-corrected chi connectivity index (χ1v) is 9.89. The Labute approximate surface area is 131 Å². The number of piperidine rings is 1. The van der Waals surface area contributed by atoms with Crippen molar-refractivity contribution in [3.8, 4) is 0 Å². The van der Waals surface area contributed by atoms with Gasteiger partial charge in [0.1, 0.15) is 4.21 Å². The molecule has 5 nitrogen and oxygen atoms in total. The van der Waals surface area contributed by atoms with Crippen LogP contribution < -0.4 is 5.32 Å². The first-order chi connectivity index (χ1) is 10.1. The summed E-state index contributed by atoms with van der Waals surface area (Å²) in [7, 11) is -1.44. The van der Waals surface area contributed by atoms with Crippen LogP contribution in [-0.4, -0.2) is 56.9 Å². The summed E-state index contributed by atoms with van der Waals surface area (Å²) in [5.41, 5.74) is 1.04. The number of hydrogen-bond donors (Lipinski definition) is 1. The third kappa shape index (κ3) is 3.17. The van der Waals surface area contributed by atoms with Crippen molar-refractivity contribution in [3.05, 3.63) is 17.0 Å². The van der Waals surface area contributed by atoms with E-state index in [9.17, 15) is 8.42 Å². The summed E-state index contributed by atoms with van der Waals surface area (Å²) < 4.78 is 27.7. The molecule has 0 saturated carbocycles. The van der Waals surface area contributed by atoms with Crippen molar-refractivity contribution < 1.29 is 8.42 Å². The molecule has 3 rings (SSSR count). The van der Waals surface area contributed by atoms with Gasteiger partial charge in [0.25, 0.3) is 10.0 Å². The number of fused-ring (bicyclic) bond motifs is 1. The quantitative estimate of drug-likeness (QED) is 0.905. The highest BCUT2D eigenvalue weighted by molar-refractivity contribution is 7.91. The van der Waals surface area contributed by atoms with E-state index in [1.54, 1.807) is 4.31 Å². The summed E-state index contributed by atoms with van der Waals surface area (Å²) in [6, 6.07) is 2.23. The van der Waals surface area contributed by atoms with Gasteiger partial charge in [0, 0.05) is 32.2 Å². The lowest BCUT2D eigenvalue weighted by Crippen LogP contribution is -2.55. The summed E-state index contributed by atoms with van der Waals surface area (Å²) in [5, 5.41) is 4.99. The van der Waals surface area contributed by atoms with Crippen molar-refractivity contribution in [2.24, 2.45) is 0 Å². The normalized spacial score (nSPS) is 24.9. The smallest absolute Gasteiger partial charge is 0.252 e. The molecule has 118 valence electrons. The van der Waals surface area contributed by atoms with Crippen molar-refractivity contribution in [1.29, 1.82) is 0 Å². The molecule has 1 aromatic heterocycles. The average molecular weight is 329 g/mol. The molecule has 3 heterocycles. The predicted molar refractivity (Wildman–Crippen MR) is 85.1 cm³/mol. The predicted octanol–water partition coefficient (Wildman–Crippen LogP) is 1.33. The SMILES string of the molecule is CNCc1csc(S(=O)(=O)N2CCN3CCCCC3C2)c1. The van der Waals surface area contributed by atoms with E-state index in [4.69, 9.17) is 0 Å². The summed E-state index contributed by atoms with van der Waals surface area (Å²) in [6.07, 6.45) is 3.60. The van der Waals surface area contributed by atoms with Gasteiger partial charge in [-0.25, -0.2) is 8.42 Å². The lowest BCUT2D eigenvalue weighted by atomic mass is 10.0. The van der Waals surface area contributed by atoms with Gasteiger partial charge in [-0.1, -0.05) is 6.42 Å². The maximum atomic E-state index is 12.8. The maximum Gasteiger partial charge on any atom is 0.252 e. The Kier molecular flexibility index (Phi) is 4.66. The third-order valence-corrected chi connectivity index (χ3v) is 7.73. The number of rotatable bonds is 4. The van der Waals surface area contributed by atoms with Crippen molar-refractivity contribution in [1.82, 2.24) is 14.5 Å². The Balaban J connectivity index is 1.75. The molecular weight excluding hydrogens is 306 g/mol. The number of piperazine rings is 1. The number of sulfonamides is 1. The van der Waals surface area contributed by atoms with Gasteiger partial charge in [-0.3, -0.25) is 4.90 Å².